The van der Waals surface area contributed by atoms with Gasteiger partial charge in [0, 0.05) is 18.7 Å². The third-order valence-corrected chi connectivity index (χ3v) is 2.20. The highest BCUT2D eigenvalue weighted by molar-refractivity contribution is 5.33. The molecule has 0 radical (unpaired) electrons. The molecule has 3 nitrogen and oxygen atoms in total. The minimum Gasteiger partial charge on any atom is -0.434 e. The van der Waals surface area contributed by atoms with Crippen molar-refractivity contribution in [2.45, 2.75) is 26.2 Å². The van der Waals surface area contributed by atoms with E-state index in [4.69, 9.17) is 0 Å². The van der Waals surface area contributed by atoms with Crippen LogP contribution in [0.25, 0.3) is 0 Å². The van der Waals surface area contributed by atoms with E-state index in [2.05, 4.69) is 4.74 Å². The molecule has 0 aliphatic rings. The molecule has 5 heteroatoms. The van der Waals surface area contributed by atoms with Crippen molar-refractivity contribution in [2.24, 2.45) is 0 Å². The van der Waals surface area contributed by atoms with E-state index in [0.717, 1.165) is 0 Å². The molecule has 0 bridgehead atoms. The Morgan fingerprint density at radius 1 is 1.35 bits per heavy atom. The summed E-state index contributed by atoms with van der Waals surface area (Å²) in [6, 6.07) is 6.66. The van der Waals surface area contributed by atoms with Gasteiger partial charge in [0.15, 0.2) is 0 Å². The predicted octanol–water partition coefficient (Wildman–Crippen LogP) is 2.10. The molecule has 1 unspecified atom stereocenters. The first kappa shape index (κ1) is 13.9. The Bertz CT molecular complexity index is 345. The van der Waals surface area contributed by atoms with Crippen LogP contribution in [0.2, 0.25) is 0 Å². The van der Waals surface area contributed by atoms with Crippen LogP contribution in [-0.4, -0.2) is 36.3 Å². The molecule has 1 aromatic rings. The molecule has 0 aliphatic heterocycles. The molecule has 96 valence electrons. The quantitative estimate of drug-likeness (QED) is 0.833. The van der Waals surface area contributed by atoms with Crippen molar-refractivity contribution >= 4 is 0 Å². The van der Waals surface area contributed by atoms with Crippen molar-refractivity contribution in [3.8, 4) is 5.75 Å². The minimum absolute atomic E-state index is 0.181. The Morgan fingerprint density at radius 3 is 2.59 bits per heavy atom. The molecule has 0 amide bonds. The van der Waals surface area contributed by atoms with Crippen LogP contribution in [0.4, 0.5) is 8.78 Å². The summed E-state index contributed by atoms with van der Waals surface area (Å²) in [5.41, 5.74) is 0.677. The zero-order valence-electron chi connectivity index (χ0n) is 9.94. The summed E-state index contributed by atoms with van der Waals surface area (Å²) in [5, 5.41) is 9.22. The Balaban J connectivity index is 2.69. The van der Waals surface area contributed by atoms with Crippen molar-refractivity contribution in [3.05, 3.63) is 29.8 Å². The number of alkyl halides is 2. The van der Waals surface area contributed by atoms with Crippen molar-refractivity contribution in [1.29, 1.82) is 0 Å². The molecule has 1 aromatic carbocycles. The third-order valence-electron chi connectivity index (χ3n) is 2.20. The highest BCUT2D eigenvalue weighted by atomic mass is 19.3. The Hall–Kier alpha value is -1.20. The maximum atomic E-state index is 12.2. The molecule has 17 heavy (non-hydrogen) atoms. The summed E-state index contributed by atoms with van der Waals surface area (Å²) in [5.74, 6) is 0.181. The lowest BCUT2D eigenvalue weighted by Crippen LogP contribution is -2.27. The number of nitrogens with zero attached hydrogens (tertiary/aromatic N) is 1. The third kappa shape index (κ3) is 5.10. The van der Waals surface area contributed by atoms with E-state index in [1.807, 2.05) is 11.9 Å². The largest absolute Gasteiger partial charge is 0.434 e. The van der Waals surface area contributed by atoms with Crippen LogP contribution in [0, 0.1) is 0 Å². The highest BCUT2D eigenvalue weighted by Crippen LogP contribution is 2.21. The number of rotatable bonds is 6. The fraction of sp³-hybridized carbons (Fsp3) is 0.500. The normalized spacial score (nSPS) is 13.1. The number of halogens is 2. The number of para-hydroxylation sites is 1. The lowest BCUT2D eigenvalue weighted by Gasteiger charge is -2.20. The number of aliphatic hydroxyl groups is 1. The molecule has 0 spiro atoms. The van der Waals surface area contributed by atoms with E-state index in [-0.39, 0.29) is 5.75 Å². The van der Waals surface area contributed by atoms with Crippen LogP contribution >= 0.6 is 0 Å². The zero-order chi connectivity index (χ0) is 12.8. The van der Waals surface area contributed by atoms with Gasteiger partial charge in [-0.05, 0) is 20.0 Å². The number of benzene rings is 1. The Kier molecular flexibility index (Phi) is 5.31. The second kappa shape index (κ2) is 6.51. The Morgan fingerprint density at radius 2 is 2.00 bits per heavy atom. The maximum Gasteiger partial charge on any atom is 0.387 e. The van der Waals surface area contributed by atoms with Crippen LogP contribution in [-0.2, 0) is 6.54 Å². The smallest absolute Gasteiger partial charge is 0.387 e. The van der Waals surface area contributed by atoms with Gasteiger partial charge in [0.1, 0.15) is 5.75 Å². The highest BCUT2D eigenvalue weighted by Gasteiger charge is 2.11. The number of likely N-dealkylation sites (N-methyl/N-ethyl adjacent to an activating group) is 1. The molecular weight excluding hydrogens is 228 g/mol. The van der Waals surface area contributed by atoms with E-state index in [9.17, 15) is 13.9 Å². The summed E-state index contributed by atoms with van der Waals surface area (Å²) in [4.78, 5) is 1.85. The average Bonchev–Trinajstić information content (AvgIpc) is 2.18. The van der Waals surface area contributed by atoms with Crippen LogP contribution in [0.1, 0.15) is 12.5 Å². The number of hydrogen-bond acceptors (Lipinski definition) is 3. The number of ether oxygens (including phenoxy) is 1. The first-order valence-corrected chi connectivity index (χ1v) is 5.38. The van der Waals surface area contributed by atoms with Crippen molar-refractivity contribution in [2.75, 3.05) is 13.6 Å². The van der Waals surface area contributed by atoms with E-state index in [1.165, 1.54) is 6.07 Å². The monoisotopic (exact) mass is 245 g/mol. The van der Waals surface area contributed by atoms with E-state index in [1.54, 1.807) is 25.1 Å². The van der Waals surface area contributed by atoms with Crippen molar-refractivity contribution < 1.29 is 18.6 Å². The number of hydrogen-bond donors (Lipinski definition) is 1. The van der Waals surface area contributed by atoms with Gasteiger partial charge in [-0.15, -0.1) is 0 Å². The van der Waals surface area contributed by atoms with Gasteiger partial charge in [0.25, 0.3) is 0 Å². The second-order valence-corrected chi connectivity index (χ2v) is 4.03. The zero-order valence-corrected chi connectivity index (χ0v) is 9.94. The molecule has 0 aliphatic carbocycles. The topological polar surface area (TPSA) is 32.7 Å². The molecule has 0 heterocycles. The van der Waals surface area contributed by atoms with Gasteiger partial charge in [0.2, 0.25) is 0 Å². The molecule has 0 saturated heterocycles. The fourth-order valence-electron chi connectivity index (χ4n) is 1.65. The standard InChI is InChI=1S/C12H17F2NO2/c1-9(16)7-15(2)8-10-5-3-4-6-11(10)17-12(13)14/h3-6,9,12,16H,7-8H2,1-2H3. The van der Waals surface area contributed by atoms with E-state index in [0.29, 0.717) is 18.7 Å². The lowest BCUT2D eigenvalue weighted by atomic mass is 10.2. The van der Waals surface area contributed by atoms with Crippen molar-refractivity contribution in [1.82, 2.24) is 4.90 Å². The Labute approximate surface area is 99.6 Å². The van der Waals surface area contributed by atoms with Gasteiger partial charge < -0.3 is 9.84 Å². The second-order valence-electron chi connectivity index (χ2n) is 4.03. The van der Waals surface area contributed by atoms with Gasteiger partial charge in [-0.1, -0.05) is 18.2 Å². The molecule has 0 saturated carbocycles. The summed E-state index contributed by atoms with van der Waals surface area (Å²) in [6.45, 7) is -0.215. The number of aliphatic hydroxyl groups excluding tert-OH is 1. The minimum atomic E-state index is -2.82. The maximum absolute atomic E-state index is 12.2. The fourth-order valence-corrected chi connectivity index (χ4v) is 1.65. The first-order chi connectivity index (χ1) is 7.99. The molecule has 1 atom stereocenters. The predicted molar refractivity (Wildman–Crippen MR) is 61.1 cm³/mol. The van der Waals surface area contributed by atoms with Gasteiger partial charge in [-0.2, -0.15) is 8.78 Å². The molecule has 0 fully saturated rings. The van der Waals surface area contributed by atoms with Crippen LogP contribution < -0.4 is 4.74 Å². The summed E-state index contributed by atoms with van der Waals surface area (Å²) < 4.78 is 28.8. The van der Waals surface area contributed by atoms with Gasteiger partial charge in [0.05, 0.1) is 6.10 Å². The first-order valence-electron chi connectivity index (χ1n) is 5.38. The summed E-state index contributed by atoms with van der Waals surface area (Å²) >= 11 is 0. The summed E-state index contributed by atoms with van der Waals surface area (Å²) in [7, 11) is 1.81. The summed E-state index contributed by atoms with van der Waals surface area (Å²) in [6.07, 6.45) is -0.455. The molecule has 0 aromatic heterocycles. The van der Waals surface area contributed by atoms with E-state index >= 15 is 0 Å². The van der Waals surface area contributed by atoms with Gasteiger partial charge in [-0.25, -0.2) is 0 Å². The SMILES string of the molecule is CC(O)CN(C)Cc1ccccc1OC(F)F. The molecular formula is C12H17F2NO2. The molecule has 1 N–H and O–H groups in total. The molecule has 1 rings (SSSR count). The lowest BCUT2D eigenvalue weighted by molar-refractivity contribution is -0.0508. The average molecular weight is 245 g/mol. The van der Waals surface area contributed by atoms with Crippen LogP contribution in [0.15, 0.2) is 24.3 Å². The van der Waals surface area contributed by atoms with Crippen LogP contribution in [0.3, 0.4) is 0 Å². The van der Waals surface area contributed by atoms with E-state index < -0.39 is 12.7 Å². The van der Waals surface area contributed by atoms with Gasteiger partial charge in [-0.3, -0.25) is 4.90 Å². The van der Waals surface area contributed by atoms with Crippen LogP contribution in [0.5, 0.6) is 5.75 Å². The van der Waals surface area contributed by atoms with Crippen molar-refractivity contribution in [3.63, 3.8) is 0 Å². The van der Waals surface area contributed by atoms with Gasteiger partial charge >= 0.3 is 6.61 Å².